The van der Waals surface area contributed by atoms with Crippen LogP contribution in [0.4, 0.5) is 0 Å². The van der Waals surface area contributed by atoms with Crippen molar-refractivity contribution < 1.29 is 4.57 Å². The zero-order chi connectivity index (χ0) is 29.7. The van der Waals surface area contributed by atoms with E-state index in [0.717, 1.165) is 25.9 Å². The fraction of sp³-hybridized carbons (Fsp3) is 0.625. The van der Waals surface area contributed by atoms with Gasteiger partial charge in [0.2, 0.25) is 0 Å². The van der Waals surface area contributed by atoms with Gasteiger partial charge in [0.05, 0.1) is 19.5 Å². The van der Waals surface area contributed by atoms with E-state index < -0.39 is 0 Å². The van der Waals surface area contributed by atoms with E-state index in [-0.39, 0.29) is 0 Å². The molecule has 1 unspecified atom stereocenters. The van der Waals surface area contributed by atoms with E-state index in [1.165, 1.54) is 132 Å². The Bertz CT molecular complexity index is 1050. The zero-order valence-electron chi connectivity index (χ0n) is 27.7. The van der Waals surface area contributed by atoms with Crippen molar-refractivity contribution in [3.05, 3.63) is 89.5 Å². The topological polar surface area (TPSA) is 8.81 Å². The molecule has 0 saturated heterocycles. The molecule has 0 saturated carbocycles. The van der Waals surface area contributed by atoms with E-state index in [2.05, 4.69) is 96.8 Å². The first-order valence-electron chi connectivity index (χ1n) is 17.9. The lowest BCUT2D eigenvalue weighted by atomic mass is 9.96. The van der Waals surface area contributed by atoms with E-state index in [1.807, 2.05) is 0 Å². The molecule has 232 valence electrons. The summed E-state index contributed by atoms with van der Waals surface area (Å²) in [5.74, 6) is 2.03. The average molecular weight is 572 g/mol. The maximum Gasteiger partial charge on any atom is 0.261 e. The molecule has 0 aliphatic carbocycles. The number of aryl methyl sites for hydroxylation is 1. The maximum atomic E-state index is 2.73. The Kier molecular flexibility index (Phi) is 17.4. The minimum Gasteiger partial charge on any atom is -0.234 e. The van der Waals surface area contributed by atoms with Crippen LogP contribution in [0.3, 0.4) is 0 Å². The second-order valence-electron chi connectivity index (χ2n) is 12.9. The fourth-order valence-electron chi connectivity index (χ4n) is 6.46. The highest BCUT2D eigenvalue weighted by Gasteiger charge is 2.25. The number of rotatable bonds is 24. The van der Waals surface area contributed by atoms with Crippen molar-refractivity contribution in [1.29, 1.82) is 0 Å². The third-order valence-electron chi connectivity index (χ3n) is 9.12. The zero-order valence-corrected chi connectivity index (χ0v) is 27.7. The molecular formula is C40H63N2+. The molecule has 0 fully saturated rings. The number of hydrogen-bond acceptors (Lipinski definition) is 0. The van der Waals surface area contributed by atoms with Crippen molar-refractivity contribution >= 4 is 0 Å². The number of aromatic nitrogens is 2. The molecule has 0 radical (unpaired) electrons. The van der Waals surface area contributed by atoms with Gasteiger partial charge < -0.3 is 0 Å². The Morgan fingerprint density at radius 1 is 0.595 bits per heavy atom. The van der Waals surface area contributed by atoms with Crippen molar-refractivity contribution in [2.75, 3.05) is 0 Å². The standard InChI is InChI=1S/C40H63N2/c1-4-6-8-10-12-14-15-17-25-31-41-35-39(33-36(3)38-29-23-20-24-30-38)42(32-26-18-16-13-11-9-7-5-2)40(41)34-37-27-21-19-22-28-37/h19-24,27-30,35-36H,4-18,25-26,31-34H2,1-3H3/q+1. The van der Waals surface area contributed by atoms with Crippen LogP contribution in [-0.4, -0.2) is 4.57 Å². The quantitative estimate of drug-likeness (QED) is 0.0747. The van der Waals surface area contributed by atoms with E-state index >= 15 is 0 Å². The molecule has 2 heteroatoms. The highest BCUT2D eigenvalue weighted by atomic mass is 15.2. The molecular weight excluding hydrogens is 508 g/mol. The van der Waals surface area contributed by atoms with Crippen molar-refractivity contribution in [2.24, 2.45) is 0 Å². The van der Waals surface area contributed by atoms with Gasteiger partial charge in [-0.1, -0.05) is 165 Å². The maximum absolute atomic E-state index is 2.73. The van der Waals surface area contributed by atoms with Crippen molar-refractivity contribution in [2.45, 2.75) is 162 Å². The molecule has 2 nitrogen and oxygen atoms in total. The summed E-state index contributed by atoms with van der Waals surface area (Å²) in [5, 5.41) is 0. The van der Waals surface area contributed by atoms with Crippen LogP contribution in [0.2, 0.25) is 0 Å². The number of benzene rings is 2. The van der Waals surface area contributed by atoms with Gasteiger partial charge in [-0.25, -0.2) is 9.13 Å². The van der Waals surface area contributed by atoms with Crippen LogP contribution in [0.15, 0.2) is 66.9 Å². The lowest BCUT2D eigenvalue weighted by Crippen LogP contribution is -2.41. The lowest BCUT2D eigenvalue weighted by molar-refractivity contribution is -0.710. The lowest BCUT2D eigenvalue weighted by Gasteiger charge is -2.12. The molecule has 1 atom stereocenters. The fourth-order valence-corrected chi connectivity index (χ4v) is 6.46. The predicted molar refractivity (Wildman–Crippen MR) is 182 cm³/mol. The largest absolute Gasteiger partial charge is 0.261 e. The van der Waals surface area contributed by atoms with Crippen LogP contribution in [0, 0.1) is 0 Å². The van der Waals surface area contributed by atoms with Gasteiger partial charge in [0.25, 0.3) is 5.82 Å². The summed E-state index contributed by atoms with van der Waals surface area (Å²) in [6.45, 7) is 9.32. The Labute approximate surface area is 260 Å². The van der Waals surface area contributed by atoms with E-state index in [0.29, 0.717) is 5.92 Å². The second kappa shape index (κ2) is 21.4. The second-order valence-corrected chi connectivity index (χ2v) is 12.9. The van der Waals surface area contributed by atoms with Crippen LogP contribution in [0.5, 0.6) is 0 Å². The summed E-state index contributed by atoms with van der Waals surface area (Å²) in [6, 6.07) is 22.3. The number of imidazole rings is 1. The minimum absolute atomic E-state index is 0.518. The first-order chi connectivity index (χ1) is 20.7. The molecule has 0 aliphatic heterocycles. The Hall–Kier alpha value is -2.35. The molecule has 3 rings (SSSR count). The van der Waals surface area contributed by atoms with Crippen LogP contribution in [0.1, 0.15) is 158 Å². The van der Waals surface area contributed by atoms with Crippen molar-refractivity contribution in [3.63, 3.8) is 0 Å². The average Bonchev–Trinajstić information content (AvgIpc) is 3.33. The number of unbranched alkanes of at least 4 members (excludes halogenated alkanes) is 15. The van der Waals surface area contributed by atoms with Gasteiger partial charge in [-0.15, -0.1) is 0 Å². The molecule has 0 aliphatic rings. The Morgan fingerprint density at radius 2 is 1.10 bits per heavy atom. The highest BCUT2D eigenvalue weighted by Crippen LogP contribution is 2.21. The van der Waals surface area contributed by atoms with Gasteiger partial charge in [0, 0.05) is 6.42 Å². The van der Waals surface area contributed by atoms with Crippen molar-refractivity contribution in [1.82, 2.24) is 4.57 Å². The predicted octanol–water partition coefficient (Wildman–Crippen LogP) is 11.4. The summed E-state index contributed by atoms with van der Waals surface area (Å²) in [6.07, 6.45) is 28.1. The molecule has 0 bridgehead atoms. The van der Waals surface area contributed by atoms with E-state index in [1.54, 1.807) is 0 Å². The van der Waals surface area contributed by atoms with E-state index in [4.69, 9.17) is 0 Å². The summed E-state index contributed by atoms with van der Waals surface area (Å²) in [4.78, 5) is 0. The Morgan fingerprint density at radius 3 is 1.67 bits per heavy atom. The summed E-state index contributed by atoms with van der Waals surface area (Å²) in [5.41, 5.74) is 4.40. The van der Waals surface area contributed by atoms with Gasteiger partial charge in [0.1, 0.15) is 11.9 Å². The van der Waals surface area contributed by atoms with Gasteiger partial charge in [0.15, 0.2) is 0 Å². The van der Waals surface area contributed by atoms with Gasteiger partial charge in [-0.3, -0.25) is 0 Å². The molecule has 1 heterocycles. The summed E-state index contributed by atoms with van der Waals surface area (Å²) in [7, 11) is 0. The van der Waals surface area contributed by atoms with Gasteiger partial charge in [-0.05, 0) is 42.7 Å². The van der Waals surface area contributed by atoms with Gasteiger partial charge in [-0.2, -0.15) is 0 Å². The normalized spacial score (nSPS) is 12.2. The third-order valence-corrected chi connectivity index (χ3v) is 9.12. The molecule has 0 amide bonds. The van der Waals surface area contributed by atoms with Crippen molar-refractivity contribution in [3.8, 4) is 0 Å². The first kappa shape index (κ1) is 34.1. The molecule has 42 heavy (non-hydrogen) atoms. The molecule has 3 aromatic rings. The molecule has 0 N–H and O–H groups in total. The first-order valence-corrected chi connectivity index (χ1v) is 17.9. The van der Waals surface area contributed by atoms with Gasteiger partial charge >= 0.3 is 0 Å². The third kappa shape index (κ3) is 12.9. The molecule has 2 aromatic carbocycles. The monoisotopic (exact) mass is 571 g/mol. The minimum atomic E-state index is 0.518. The molecule has 0 spiro atoms. The van der Waals surface area contributed by atoms with Crippen LogP contribution < -0.4 is 4.57 Å². The smallest absolute Gasteiger partial charge is 0.234 e. The Balaban J connectivity index is 1.70. The SMILES string of the molecule is CCCCCCCCCCCn1cc(CC(C)c2ccccc2)[n+](CCCCCCCCCC)c1Cc1ccccc1. The van der Waals surface area contributed by atoms with Crippen LogP contribution in [0.25, 0.3) is 0 Å². The number of nitrogens with zero attached hydrogens (tertiary/aromatic N) is 2. The molecule has 1 aromatic heterocycles. The summed E-state index contributed by atoms with van der Waals surface area (Å²) >= 11 is 0. The van der Waals surface area contributed by atoms with E-state index in [9.17, 15) is 0 Å². The van der Waals surface area contributed by atoms with Crippen LogP contribution in [-0.2, 0) is 25.9 Å². The van der Waals surface area contributed by atoms with Crippen LogP contribution >= 0.6 is 0 Å². The summed E-state index contributed by atoms with van der Waals surface area (Å²) < 4.78 is 5.38. The number of hydrogen-bond donors (Lipinski definition) is 0. The highest BCUT2D eigenvalue weighted by molar-refractivity contribution is 5.21.